The lowest BCUT2D eigenvalue weighted by Gasteiger charge is -2.34. The van der Waals surface area contributed by atoms with E-state index in [2.05, 4.69) is 20.5 Å². The number of para-hydroxylation sites is 1. The van der Waals surface area contributed by atoms with Gasteiger partial charge in [0.1, 0.15) is 5.75 Å². The van der Waals surface area contributed by atoms with Gasteiger partial charge in [-0.15, -0.1) is 23.1 Å². The smallest absolute Gasteiger partial charge is 0.236 e. The molecule has 2 aromatic heterocycles. The minimum Gasteiger partial charge on any atom is -0.453 e. The van der Waals surface area contributed by atoms with E-state index in [1.54, 1.807) is 11.8 Å². The van der Waals surface area contributed by atoms with Crippen LogP contribution in [0, 0.1) is 12.8 Å². The zero-order chi connectivity index (χ0) is 25.2. The van der Waals surface area contributed by atoms with Crippen LogP contribution < -0.4 is 15.4 Å². The molecule has 1 aromatic carbocycles. The summed E-state index contributed by atoms with van der Waals surface area (Å²) < 4.78 is 6.29. The van der Waals surface area contributed by atoms with Crippen LogP contribution in [0.15, 0.2) is 52.9 Å². The van der Waals surface area contributed by atoms with Crippen molar-refractivity contribution in [3.63, 3.8) is 0 Å². The van der Waals surface area contributed by atoms with Crippen LogP contribution in [0.3, 0.4) is 0 Å². The first kappa shape index (κ1) is 24.7. The van der Waals surface area contributed by atoms with Gasteiger partial charge in [0.15, 0.2) is 16.7 Å². The van der Waals surface area contributed by atoms with Crippen LogP contribution in [0.5, 0.6) is 11.5 Å². The fourth-order valence-corrected chi connectivity index (χ4v) is 7.81. The Bertz CT molecular complexity index is 1210. The number of pyridine rings is 1. The van der Waals surface area contributed by atoms with Crippen molar-refractivity contribution in [2.45, 2.75) is 67.7 Å². The summed E-state index contributed by atoms with van der Waals surface area (Å²) in [6.45, 7) is 3.91. The van der Waals surface area contributed by atoms with Crippen LogP contribution in [0.25, 0.3) is 0 Å². The lowest BCUT2D eigenvalue weighted by Crippen LogP contribution is -2.46. The average Bonchev–Trinajstić information content (AvgIpc) is 3.65. The van der Waals surface area contributed by atoms with Crippen molar-refractivity contribution in [2.75, 3.05) is 18.4 Å². The van der Waals surface area contributed by atoms with E-state index in [9.17, 15) is 4.79 Å². The maximum Gasteiger partial charge on any atom is 0.236 e. The number of nitrogens with zero attached hydrogens (tertiary/aromatic N) is 3. The van der Waals surface area contributed by atoms with Crippen LogP contribution in [0.1, 0.15) is 44.2 Å². The van der Waals surface area contributed by atoms with Gasteiger partial charge in [-0.25, -0.2) is 9.97 Å². The number of rotatable bonds is 8. The van der Waals surface area contributed by atoms with E-state index in [0.29, 0.717) is 35.5 Å². The number of ether oxygens (including phenoxy) is 1. The SMILES string of the molecule is Cc1csc(Nc2ncc(SC(C(=O)N3C4CCC3CC4)C3CCNCC3)cc2Oc2ccccc2)n1. The number of piperidine rings is 1. The van der Waals surface area contributed by atoms with E-state index >= 15 is 0 Å². The maximum absolute atomic E-state index is 14.0. The van der Waals surface area contributed by atoms with Crippen LogP contribution in [0.4, 0.5) is 10.9 Å². The highest BCUT2D eigenvalue weighted by Crippen LogP contribution is 2.43. The van der Waals surface area contributed by atoms with Crippen LogP contribution in [0.2, 0.25) is 0 Å². The van der Waals surface area contributed by atoms with Gasteiger partial charge in [0.25, 0.3) is 0 Å². The molecule has 0 spiro atoms. The number of benzene rings is 1. The van der Waals surface area contributed by atoms with Crippen molar-refractivity contribution in [1.82, 2.24) is 20.2 Å². The number of hydrogen-bond acceptors (Lipinski definition) is 8. The number of aryl methyl sites for hydroxylation is 1. The Morgan fingerprint density at radius 1 is 1.14 bits per heavy atom. The Labute approximate surface area is 226 Å². The molecule has 0 aliphatic carbocycles. The van der Waals surface area contributed by atoms with Crippen molar-refractivity contribution in [1.29, 1.82) is 0 Å². The van der Waals surface area contributed by atoms with Gasteiger partial charge in [-0.3, -0.25) is 4.79 Å². The van der Waals surface area contributed by atoms with Crippen molar-refractivity contribution in [3.05, 3.63) is 53.7 Å². The molecule has 0 saturated carbocycles. The Hall–Kier alpha value is -2.62. The highest BCUT2D eigenvalue weighted by atomic mass is 32.2. The number of nitrogens with one attached hydrogen (secondary N) is 2. The largest absolute Gasteiger partial charge is 0.453 e. The minimum absolute atomic E-state index is 0.102. The van der Waals surface area contributed by atoms with Gasteiger partial charge >= 0.3 is 0 Å². The Morgan fingerprint density at radius 2 is 1.86 bits per heavy atom. The van der Waals surface area contributed by atoms with E-state index in [-0.39, 0.29) is 5.25 Å². The van der Waals surface area contributed by atoms with Gasteiger partial charge in [-0.05, 0) is 82.7 Å². The first-order valence-electron chi connectivity index (χ1n) is 13.3. The van der Waals surface area contributed by atoms with Gasteiger partial charge in [0.2, 0.25) is 5.91 Å². The molecule has 6 rings (SSSR count). The molecule has 0 radical (unpaired) electrons. The standard InChI is InChI=1S/C28H33N5O2S2/c1-18-17-36-28(31-18)32-26-24(35-22-5-3-2-4-6-22)15-23(16-30-26)37-25(19-11-13-29-14-12-19)27(34)33-20-7-8-21(33)10-9-20/h2-6,15-17,19-21,25,29H,7-14H2,1H3,(H,30,31,32). The number of carbonyl (C=O) groups excluding carboxylic acids is 1. The van der Waals surface area contributed by atoms with Crippen molar-refractivity contribution in [2.24, 2.45) is 5.92 Å². The van der Waals surface area contributed by atoms with Crippen LogP contribution in [-0.2, 0) is 4.79 Å². The number of hydrogen-bond donors (Lipinski definition) is 2. The third-order valence-corrected chi connectivity index (χ3v) is 9.88. The van der Waals surface area contributed by atoms with Gasteiger partial charge in [0.05, 0.1) is 10.9 Å². The molecule has 7 nitrogen and oxygen atoms in total. The first-order valence-corrected chi connectivity index (χ1v) is 15.0. The van der Waals surface area contributed by atoms with E-state index in [0.717, 1.165) is 73.1 Å². The number of anilines is 2. The second kappa shape index (κ2) is 11.0. The van der Waals surface area contributed by atoms with E-state index in [4.69, 9.17) is 9.72 Å². The second-order valence-corrected chi connectivity index (χ2v) is 12.3. The fraction of sp³-hybridized carbons (Fsp3) is 0.464. The summed E-state index contributed by atoms with van der Waals surface area (Å²) >= 11 is 3.20. The van der Waals surface area contributed by atoms with Crippen LogP contribution >= 0.6 is 23.1 Å². The topological polar surface area (TPSA) is 79.4 Å². The fourth-order valence-electron chi connectivity index (χ4n) is 5.85. The molecule has 3 fully saturated rings. The summed E-state index contributed by atoms with van der Waals surface area (Å²) in [5.74, 6) is 2.66. The summed E-state index contributed by atoms with van der Waals surface area (Å²) in [4.78, 5) is 26.5. The average molecular weight is 536 g/mol. The zero-order valence-corrected chi connectivity index (χ0v) is 22.7. The quantitative estimate of drug-likeness (QED) is 0.343. The molecule has 9 heteroatoms. The second-order valence-electron chi connectivity index (χ2n) is 10.2. The Kier molecular flexibility index (Phi) is 7.35. The van der Waals surface area contributed by atoms with E-state index in [1.807, 2.05) is 54.9 Å². The summed E-state index contributed by atoms with van der Waals surface area (Å²) in [5.41, 5.74) is 0.962. The summed E-state index contributed by atoms with van der Waals surface area (Å²) in [6, 6.07) is 12.6. The number of thiazole rings is 1. The van der Waals surface area contributed by atoms with Crippen molar-refractivity contribution >= 4 is 40.0 Å². The Morgan fingerprint density at radius 3 is 2.54 bits per heavy atom. The van der Waals surface area contributed by atoms with Crippen molar-refractivity contribution < 1.29 is 9.53 Å². The van der Waals surface area contributed by atoms with Gasteiger partial charge in [-0.2, -0.15) is 0 Å². The third-order valence-electron chi connectivity index (χ3n) is 7.67. The molecule has 1 amide bonds. The summed E-state index contributed by atoms with van der Waals surface area (Å²) in [6.07, 6.45) is 8.55. The van der Waals surface area contributed by atoms with E-state index in [1.165, 1.54) is 11.3 Å². The normalized spacial score (nSPS) is 22.2. The zero-order valence-electron chi connectivity index (χ0n) is 21.1. The van der Waals surface area contributed by atoms with Crippen LogP contribution in [-0.4, -0.2) is 51.2 Å². The highest BCUT2D eigenvalue weighted by molar-refractivity contribution is 8.00. The first-order chi connectivity index (χ1) is 18.1. The molecule has 3 aliphatic heterocycles. The molecule has 3 aliphatic rings. The predicted molar refractivity (Wildman–Crippen MR) is 149 cm³/mol. The molecule has 2 N–H and O–H groups in total. The molecule has 2 bridgehead atoms. The molecule has 37 heavy (non-hydrogen) atoms. The maximum atomic E-state index is 14.0. The molecule has 3 aromatic rings. The van der Waals surface area contributed by atoms with Gasteiger partial charge in [-0.1, -0.05) is 18.2 Å². The molecular weight excluding hydrogens is 502 g/mol. The summed E-state index contributed by atoms with van der Waals surface area (Å²) in [5, 5.41) is 9.46. The molecule has 1 atom stereocenters. The number of fused-ring (bicyclic) bond motifs is 2. The predicted octanol–water partition coefficient (Wildman–Crippen LogP) is 6.00. The molecule has 194 valence electrons. The lowest BCUT2D eigenvalue weighted by atomic mass is 9.93. The summed E-state index contributed by atoms with van der Waals surface area (Å²) in [7, 11) is 0. The minimum atomic E-state index is -0.102. The van der Waals surface area contributed by atoms with Gasteiger partial charge < -0.3 is 20.3 Å². The third kappa shape index (κ3) is 5.49. The number of carbonyl (C=O) groups is 1. The molecule has 5 heterocycles. The Balaban J connectivity index is 1.29. The van der Waals surface area contributed by atoms with Gasteiger partial charge in [0, 0.05) is 28.6 Å². The van der Waals surface area contributed by atoms with E-state index < -0.39 is 0 Å². The lowest BCUT2D eigenvalue weighted by molar-refractivity contribution is -0.132. The van der Waals surface area contributed by atoms with Crippen molar-refractivity contribution in [3.8, 4) is 11.5 Å². The number of thioether (sulfide) groups is 1. The number of amides is 1. The molecule has 1 unspecified atom stereocenters. The molecular formula is C28H33N5O2S2. The monoisotopic (exact) mass is 535 g/mol. The highest BCUT2D eigenvalue weighted by Gasteiger charge is 2.45. The molecule has 3 saturated heterocycles. The number of aromatic nitrogens is 2.